The lowest BCUT2D eigenvalue weighted by Crippen LogP contribution is -2.13. The first kappa shape index (κ1) is 21.0. The summed E-state index contributed by atoms with van der Waals surface area (Å²) >= 11 is 0. The quantitative estimate of drug-likeness (QED) is 0.429. The van der Waals surface area contributed by atoms with Gasteiger partial charge in [0.05, 0.1) is 38.7 Å². The predicted octanol–water partition coefficient (Wildman–Crippen LogP) is 5.29. The maximum Gasteiger partial charge on any atom is 0.256 e. The molecule has 0 radical (unpaired) electrons. The van der Waals surface area contributed by atoms with Crippen LogP contribution in [0.15, 0.2) is 77.3 Å². The van der Waals surface area contributed by atoms with Gasteiger partial charge in [-0.2, -0.15) is 0 Å². The smallest absolute Gasteiger partial charge is 0.256 e. The lowest BCUT2D eigenvalue weighted by Gasteiger charge is -2.10. The van der Waals surface area contributed by atoms with Gasteiger partial charge in [-0.25, -0.2) is 4.98 Å². The molecule has 0 fully saturated rings. The average Bonchev–Trinajstić information content (AvgIpc) is 3.33. The number of hydrogen-bond donors (Lipinski definition) is 1. The molecule has 0 atom stereocenters. The SMILES string of the molecule is COc1cccc(NC(=O)c2ccccc2-c2ncc(-c3ccc(OC)cc3OC)o2)c1. The van der Waals surface area contributed by atoms with E-state index >= 15 is 0 Å². The van der Waals surface area contributed by atoms with E-state index in [-0.39, 0.29) is 5.91 Å². The maximum absolute atomic E-state index is 13.0. The predicted molar refractivity (Wildman–Crippen MR) is 121 cm³/mol. The van der Waals surface area contributed by atoms with Crippen LogP contribution in [0.4, 0.5) is 5.69 Å². The molecule has 3 aromatic carbocycles. The molecule has 4 rings (SSSR count). The summed E-state index contributed by atoms with van der Waals surface area (Å²) in [6.07, 6.45) is 1.61. The molecule has 0 unspecified atom stereocenters. The molecule has 0 aliphatic heterocycles. The molecule has 0 aliphatic rings. The Labute approximate surface area is 185 Å². The van der Waals surface area contributed by atoms with E-state index < -0.39 is 0 Å². The number of aromatic nitrogens is 1. The van der Waals surface area contributed by atoms with Gasteiger partial charge in [-0.05, 0) is 36.4 Å². The van der Waals surface area contributed by atoms with Gasteiger partial charge in [-0.3, -0.25) is 4.79 Å². The van der Waals surface area contributed by atoms with Crippen LogP contribution in [0.2, 0.25) is 0 Å². The summed E-state index contributed by atoms with van der Waals surface area (Å²) in [4.78, 5) is 17.4. The van der Waals surface area contributed by atoms with Crippen molar-refractivity contribution in [2.75, 3.05) is 26.6 Å². The Morgan fingerprint density at radius 1 is 0.844 bits per heavy atom. The fraction of sp³-hybridized carbons (Fsp3) is 0.120. The molecule has 1 heterocycles. The molecular formula is C25H22N2O5. The largest absolute Gasteiger partial charge is 0.497 e. The van der Waals surface area contributed by atoms with Crippen LogP contribution in [0, 0.1) is 0 Å². The van der Waals surface area contributed by atoms with Crippen molar-refractivity contribution in [1.82, 2.24) is 4.98 Å². The first-order valence-electron chi connectivity index (χ1n) is 9.86. The van der Waals surface area contributed by atoms with E-state index in [0.717, 1.165) is 5.56 Å². The molecule has 0 aliphatic carbocycles. The highest BCUT2D eigenvalue weighted by Gasteiger charge is 2.19. The van der Waals surface area contributed by atoms with Crippen molar-refractivity contribution in [1.29, 1.82) is 0 Å². The molecule has 162 valence electrons. The number of rotatable bonds is 7. The molecule has 32 heavy (non-hydrogen) atoms. The number of anilines is 1. The van der Waals surface area contributed by atoms with Crippen molar-refractivity contribution in [3.63, 3.8) is 0 Å². The Hall–Kier alpha value is -4.26. The van der Waals surface area contributed by atoms with E-state index in [1.54, 1.807) is 63.9 Å². The Morgan fingerprint density at radius 2 is 1.62 bits per heavy atom. The highest BCUT2D eigenvalue weighted by atomic mass is 16.5. The van der Waals surface area contributed by atoms with Crippen molar-refractivity contribution in [2.24, 2.45) is 0 Å². The summed E-state index contributed by atoms with van der Waals surface area (Å²) in [6.45, 7) is 0. The van der Waals surface area contributed by atoms with E-state index in [0.29, 0.717) is 45.7 Å². The van der Waals surface area contributed by atoms with Crippen LogP contribution >= 0.6 is 0 Å². The molecule has 0 saturated heterocycles. The lowest BCUT2D eigenvalue weighted by molar-refractivity contribution is 0.102. The minimum Gasteiger partial charge on any atom is -0.497 e. The second kappa shape index (κ2) is 9.26. The van der Waals surface area contributed by atoms with Crippen LogP contribution in [0.5, 0.6) is 17.2 Å². The van der Waals surface area contributed by atoms with Crippen LogP contribution in [-0.2, 0) is 0 Å². The fourth-order valence-electron chi connectivity index (χ4n) is 3.29. The highest BCUT2D eigenvalue weighted by Crippen LogP contribution is 2.36. The van der Waals surface area contributed by atoms with Crippen LogP contribution < -0.4 is 19.5 Å². The number of methoxy groups -OCH3 is 3. The number of ether oxygens (including phenoxy) is 3. The first-order chi connectivity index (χ1) is 15.6. The summed E-state index contributed by atoms with van der Waals surface area (Å²) in [5, 5.41) is 2.89. The van der Waals surface area contributed by atoms with Crippen LogP contribution in [0.25, 0.3) is 22.8 Å². The third-order valence-electron chi connectivity index (χ3n) is 4.91. The zero-order valence-corrected chi connectivity index (χ0v) is 17.9. The number of hydrogen-bond acceptors (Lipinski definition) is 6. The molecule has 7 nitrogen and oxygen atoms in total. The highest BCUT2D eigenvalue weighted by molar-refractivity contribution is 6.08. The fourth-order valence-corrected chi connectivity index (χ4v) is 3.29. The van der Waals surface area contributed by atoms with Crippen molar-refractivity contribution in [3.05, 3.63) is 78.5 Å². The van der Waals surface area contributed by atoms with Gasteiger partial charge in [-0.15, -0.1) is 0 Å². The van der Waals surface area contributed by atoms with Crippen LogP contribution in [0.3, 0.4) is 0 Å². The third-order valence-corrected chi connectivity index (χ3v) is 4.91. The number of nitrogens with one attached hydrogen (secondary N) is 1. The summed E-state index contributed by atoms with van der Waals surface area (Å²) in [5.41, 5.74) is 2.36. The normalized spacial score (nSPS) is 10.5. The van der Waals surface area contributed by atoms with Gasteiger partial charge >= 0.3 is 0 Å². The topological polar surface area (TPSA) is 82.8 Å². The molecule has 0 spiro atoms. The van der Waals surface area contributed by atoms with Gasteiger partial charge in [0.25, 0.3) is 5.91 Å². The second-order valence-corrected chi connectivity index (χ2v) is 6.83. The Kier molecular flexibility index (Phi) is 6.07. The number of carbonyl (C=O) groups is 1. The van der Waals surface area contributed by atoms with Gasteiger partial charge in [0.15, 0.2) is 5.76 Å². The maximum atomic E-state index is 13.0. The molecule has 1 amide bonds. The molecular weight excluding hydrogens is 408 g/mol. The monoisotopic (exact) mass is 430 g/mol. The van der Waals surface area contributed by atoms with Crippen LogP contribution in [0.1, 0.15) is 10.4 Å². The third kappa shape index (κ3) is 4.27. The second-order valence-electron chi connectivity index (χ2n) is 6.83. The number of oxazole rings is 1. The minimum absolute atomic E-state index is 0.282. The Balaban J connectivity index is 1.65. The first-order valence-corrected chi connectivity index (χ1v) is 9.86. The number of nitrogens with zero attached hydrogens (tertiary/aromatic N) is 1. The zero-order valence-electron chi connectivity index (χ0n) is 17.9. The molecule has 1 aromatic heterocycles. The van der Waals surface area contributed by atoms with Crippen molar-refractivity contribution in [2.45, 2.75) is 0 Å². The van der Waals surface area contributed by atoms with Gasteiger partial charge in [0, 0.05) is 23.4 Å². The minimum atomic E-state index is -0.282. The number of benzene rings is 3. The number of amides is 1. The molecule has 4 aromatic rings. The molecule has 0 saturated carbocycles. The molecule has 7 heteroatoms. The van der Waals surface area contributed by atoms with E-state index in [4.69, 9.17) is 18.6 Å². The Bertz CT molecular complexity index is 1250. The van der Waals surface area contributed by atoms with Crippen molar-refractivity contribution >= 4 is 11.6 Å². The van der Waals surface area contributed by atoms with Gasteiger partial charge in [0.1, 0.15) is 17.2 Å². The van der Waals surface area contributed by atoms with E-state index in [9.17, 15) is 4.79 Å². The van der Waals surface area contributed by atoms with E-state index in [1.165, 1.54) is 0 Å². The van der Waals surface area contributed by atoms with Crippen molar-refractivity contribution in [3.8, 4) is 40.0 Å². The number of carbonyl (C=O) groups excluding carboxylic acids is 1. The van der Waals surface area contributed by atoms with Gasteiger partial charge < -0.3 is 23.9 Å². The Morgan fingerprint density at radius 3 is 2.41 bits per heavy atom. The average molecular weight is 430 g/mol. The van der Waals surface area contributed by atoms with E-state index in [2.05, 4.69) is 10.3 Å². The summed E-state index contributed by atoms with van der Waals surface area (Å²) in [7, 11) is 4.75. The summed E-state index contributed by atoms with van der Waals surface area (Å²) in [6, 6.07) is 19.7. The van der Waals surface area contributed by atoms with Crippen LogP contribution in [-0.4, -0.2) is 32.2 Å². The van der Waals surface area contributed by atoms with Gasteiger partial charge in [0.2, 0.25) is 5.89 Å². The van der Waals surface area contributed by atoms with E-state index in [1.807, 2.05) is 30.3 Å². The molecule has 0 bridgehead atoms. The molecule has 1 N–H and O–H groups in total. The zero-order chi connectivity index (χ0) is 22.5. The van der Waals surface area contributed by atoms with Gasteiger partial charge in [-0.1, -0.05) is 18.2 Å². The summed E-state index contributed by atoms with van der Waals surface area (Å²) in [5.74, 6) is 2.48. The summed E-state index contributed by atoms with van der Waals surface area (Å²) < 4.78 is 21.9. The lowest BCUT2D eigenvalue weighted by atomic mass is 10.1. The van der Waals surface area contributed by atoms with Crippen molar-refractivity contribution < 1.29 is 23.4 Å². The standard InChI is InChI=1S/C25H22N2O5/c1-29-17-8-6-7-16(13-17)27-24(28)19-9-4-5-10-20(19)25-26-15-23(32-25)21-12-11-18(30-2)14-22(21)31-3/h4-15H,1-3H3,(H,27,28).